The van der Waals surface area contributed by atoms with Crippen LogP contribution in [0.5, 0.6) is 5.75 Å². The number of hydrogen-bond donors (Lipinski definition) is 2. The number of hydrogen-bond acceptors (Lipinski definition) is 5. The lowest BCUT2D eigenvalue weighted by molar-refractivity contribution is 0.122. The quantitative estimate of drug-likeness (QED) is 0.215. The van der Waals surface area contributed by atoms with Gasteiger partial charge in [0.2, 0.25) is 0 Å². The van der Waals surface area contributed by atoms with Crippen LogP contribution in [0.25, 0.3) is 0 Å². The molecule has 0 aromatic heterocycles. The van der Waals surface area contributed by atoms with Gasteiger partial charge >= 0.3 is 0 Å². The molecule has 2 aromatic carbocycles. The van der Waals surface area contributed by atoms with Crippen molar-refractivity contribution in [1.29, 1.82) is 0 Å². The molecule has 7 nitrogen and oxygen atoms in total. The monoisotopic (exact) mass is 554 g/mol. The summed E-state index contributed by atoms with van der Waals surface area (Å²) >= 11 is 0. The second kappa shape index (κ2) is 14.2. The molecule has 1 fully saturated rings. The van der Waals surface area contributed by atoms with Crippen molar-refractivity contribution >= 4 is 35.6 Å². The van der Waals surface area contributed by atoms with E-state index in [1.807, 2.05) is 0 Å². The van der Waals surface area contributed by atoms with Crippen molar-refractivity contribution in [2.75, 3.05) is 58.6 Å². The molecular weight excluding hydrogens is 519 g/mol. The van der Waals surface area contributed by atoms with Gasteiger partial charge in [-0.05, 0) is 30.2 Å². The number of methoxy groups -OCH3 is 1. The summed E-state index contributed by atoms with van der Waals surface area (Å²) in [7, 11) is 3.46. The van der Waals surface area contributed by atoms with E-state index in [9.17, 15) is 0 Å². The molecule has 2 N–H and O–H groups in total. The van der Waals surface area contributed by atoms with E-state index < -0.39 is 0 Å². The fourth-order valence-electron chi connectivity index (χ4n) is 3.53. The van der Waals surface area contributed by atoms with Crippen molar-refractivity contribution in [3.63, 3.8) is 0 Å². The number of rotatable bonds is 9. The second-order valence-corrected chi connectivity index (χ2v) is 7.46. The van der Waals surface area contributed by atoms with Crippen LogP contribution in [0.2, 0.25) is 0 Å². The van der Waals surface area contributed by atoms with Gasteiger partial charge in [-0.15, -0.1) is 24.0 Å². The molecule has 0 aliphatic carbocycles. The van der Waals surface area contributed by atoms with E-state index in [1.54, 1.807) is 14.2 Å². The summed E-state index contributed by atoms with van der Waals surface area (Å²) < 4.78 is 16.5. The van der Waals surface area contributed by atoms with Crippen molar-refractivity contribution < 1.29 is 14.2 Å². The smallest absolute Gasteiger partial charge is 0.191 e. The molecule has 0 atom stereocenters. The number of aliphatic imine (C=N–C) groups is 1. The number of para-hydroxylation sites is 1. The van der Waals surface area contributed by atoms with E-state index in [-0.39, 0.29) is 24.0 Å². The van der Waals surface area contributed by atoms with Crippen LogP contribution in [0.3, 0.4) is 0 Å². The van der Waals surface area contributed by atoms with Gasteiger partial charge in [0.1, 0.15) is 12.4 Å². The summed E-state index contributed by atoms with van der Waals surface area (Å²) in [6, 6.07) is 14.7. The molecule has 1 saturated heterocycles. The second-order valence-electron chi connectivity index (χ2n) is 7.46. The maximum absolute atomic E-state index is 5.90. The predicted octanol–water partition coefficient (Wildman–Crippen LogP) is 3.34. The molecule has 1 heterocycles. The van der Waals surface area contributed by atoms with Gasteiger partial charge in [-0.25, -0.2) is 0 Å². The normalized spacial score (nSPS) is 14.0. The largest absolute Gasteiger partial charge is 0.491 e. The van der Waals surface area contributed by atoms with E-state index in [2.05, 4.69) is 69.9 Å². The third-order valence-electron chi connectivity index (χ3n) is 5.23. The molecular formula is C24H35IN4O3. The molecule has 0 amide bonds. The lowest BCUT2D eigenvalue weighted by Gasteiger charge is -2.30. The Morgan fingerprint density at radius 3 is 2.47 bits per heavy atom. The molecule has 32 heavy (non-hydrogen) atoms. The van der Waals surface area contributed by atoms with E-state index in [4.69, 9.17) is 14.2 Å². The number of nitrogens with one attached hydrogen (secondary N) is 2. The lowest BCUT2D eigenvalue weighted by Crippen LogP contribution is -2.39. The van der Waals surface area contributed by atoms with Gasteiger partial charge in [-0.3, -0.25) is 4.99 Å². The third-order valence-corrected chi connectivity index (χ3v) is 5.23. The summed E-state index contributed by atoms with van der Waals surface area (Å²) in [5, 5.41) is 6.84. The molecule has 1 aliphatic heterocycles. The topological polar surface area (TPSA) is 67.4 Å². The summed E-state index contributed by atoms with van der Waals surface area (Å²) in [4.78, 5) is 6.76. The predicted molar refractivity (Wildman–Crippen MR) is 140 cm³/mol. The Kier molecular flexibility index (Phi) is 11.6. The van der Waals surface area contributed by atoms with Gasteiger partial charge in [-0.2, -0.15) is 0 Å². The Labute approximate surface area is 208 Å². The van der Waals surface area contributed by atoms with Crippen LogP contribution in [0.4, 0.5) is 5.69 Å². The van der Waals surface area contributed by atoms with E-state index in [1.165, 1.54) is 16.8 Å². The van der Waals surface area contributed by atoms with Crippen molar-refractivity contribution in [3.8, 4) is 5.75 Å². The summed E-state index contributed by atoms with van der Waals surface area (Å²) in [6.45, 7) is 7.85. The van der Waals surface area contributed by atoms with Gasteiger partial charge in [0, 0.05) is 51.6 Å². The number of anilines is 1. The van der Waals surface area contributed by atoms with Crippen LogP contribution in [0, 0.1) is 6.92 Å². The molecule has 2 aromatic rings. The fraction of sp³-hybridized carbons (Fsp3) is 0.458. The Bertz CT molecular complexity index is 857. The minimum atomic E-state index is 0. The van der Waals surface area contributed by atoms with Crippen LogP contribution in [-0.2, 0) is 22.6 Å². The van der Waals surface area contributed by atoms with Gasteiger partial charge in [0.05, 0.1) is 19.8 Å². The van der Waals surface area contributed by atoms with E-state index in [0.717, 1.165) is 43.6 Å². The highest BCUT2D eigenvalue weighted by Crippen LogP contribution is 2.22. The Morgan fingerprint density at radius 2 is 1.75 bits per heavy atom. The number of morpholine rings is 1. The maximum Gasteiger partial charge on any atom is 0.191 e. The van der Waals surface area contributed by atoms with Crippen LogP contribution < -0.4 is 20.3 Å². The highest BCUT2D eigenvalue weighted by Gasteiger charge is 2.14. The van der Waals surface area contributed by atoms with E-state index in [0.29, 0.717) is 26.3 Å². The van der Waals surface area contributed by atoms with Gasteiger partial charge in [-0.1, -0.05) is 30.3 Å². The van der Waals surface area contributed by atoms with Crippen LogP contribution >= 0.6 is 24.0 Å². The standard InChI is InChI=1S/C24H34N4O3.HI/c1-19-8-9-21(23(16-19)31-15-14-29-3)18-27-24(25-2)26-17-20-6-4-5-7-22(20)28-10-12-30-13-11-28;/h4-9,16H,10-15,17-18H2,1-3H3,(H2,25,26,27);1H. The Morgan fingerprint density at radius 1 is 1.03 bits per heavy atom. The Balaban J connectivity index is 0.00000363. The fourth-order valence-corrected chi connectivity index (χ4v) is 3.53. The number of aryl methyl sites for hydroxylation is 1. The molecule has 3 rings (SSSR count). The molecule has 0 saturated carbocycles. The molecule has 1 aliphatic rings. The summed E-state index contributed by atoms with van der Waals surface area (Å²) in [5.41, 5.74) is 4.74. The Hall–Kier alpha value is -2.04. The van der Waals surface area contributed by atoms with Crippen LogP contribution in [0.1, 0.15) is 16.7 Å². The molecule has 0 unspecified atom stereocenters. The first-order valence-electron chi connectivity index (χ1n) is 10.8. The van der Waals surface area contributed by atoms with Crippen molar-refractivity contribution in [2.24, 2.45) is 4.99 Å². The first-order chi connectivity index (χ1) is 15.2. The number of nitrogens with zero attached hydrogens (tertiary/aromatic N) is 2. The zero-order chi connectivity index (χ0) is 21.9. The van der Waals surface area contributed by atoms with Gasteiger partial charge in [0.15, 0.2) is 5.96 Å². The minimum absolute atomic E-state index is 0. The number of ether oxygens (including phenoxy) is 3. The third kappa shape index (κ3) is 7.83. The lowest BCUT2D eigenvalue weighted by atomic mass is 10.1. The zero-order valence-electron chi connectivity index (χ0n) is 19.2. The number of benzene rings is 2. The maximum atomic E-state index is 5.90. The molecule has 176 valence electrons. The minimum Gasteiger partial charge on any atom is -0.491 e. The first-order valence-corrected chi connectivity index (χ1v) is 10.8. The average molecular weight is 554 g/mol. The average Bonchev–Trinajstić information content (AvgIpc) is 2.81. The first kappa shape index (κ1) is 26.2. The highest BCUT2D eigenvalue weighted by atomic mass is 127. The molecule has 8 heteroatoms. The highest BCUT2D eigenvalue weighted by molar-refractivity contribution is 14.0. The molecule has 0 bridgehead atoms. The van der Waals surface area contributed by atoms with Crippen LogP contribution in [-0.4, -0.2) is 59.6 Å². The SMILES string of the molecule is CN=C(NCc1ccc(C)cc1OCCOC)NCc1ccccc1N1CCOCC1.I. The van der Waals surface area contributed by atoms with E-state index >= 15 is 0 Å². The van der Waals surface area contributed by atoms with Gasteiger partial charge < -0.3 is 29.7 Å². The molecule has 0 radical (unpaired) electrons. The van der Waals surface area contributed by atoms with Crippen molar-refractivity contribution in [2.45, 2.75) is 20.0 Å². The zero-order valence-corrected chi connectivity index (χ0v) is 21.6. The van der Waals surface area contributed by atoms with Gasteiger partial charge in [0.25, 0.3) is 0 Å². The van der Waals surface area contributed by atoms with Crippen molar-refractivity contribution in [1.82, 2.24) is 10.6 Å². The van der Waals surface area contributed by atoms with Crippen molar-refractivity contribution in [3.05, 3.63) is 59.2 Å². The summed E-state index contributed by atoms with van der Waals surface area (Å²) in [5.74, 6) is 1.62. The molecule has 0 spiro atoms. The number of halogens is 1. The van der Waals surface area contributed by atoms with Crippen LogP contribution in [0.15, 0.2) is 47.5 Å². The number of guanidine groups is 1. The summed E-state index contributed by atoms with van der Waals surface area (Å²) in [6.07, 6.45) is 0.